The van der Waals surface area contributed by atoms with E-state index in [1.165, 1.54) is 12.0 Å². The maximum atomic E-state index is 13.1. The molecule has 150 valence electrons. The first-order chi connectivity index (χ1) is 14.5. The van der Waals surface area contributed by atoms with E-state index < -0.39 is 17.7 Å². The van der Waals surface area contributed by atoms with Gasteiger partial charge in [0, 0.05) is 11.9 Å². The number of carbonyl (C=O) groups excluding carboxylic acids is 2. The van der Waals surface area contributed by atoms with Gasteiger partial charge in [0.2, 0.25) is 0 Å². The number of Topliss-reactive ketones (excluding diaryl/α,β-unsaturated/α-hetero) is 1. The summed E-state index contributed by atoms with van der Waals surface area (Å²) in [5.74, 6) is -1.37. The molecular formula is C24H20N2O4. The van der Waals surface area contributed by atoms with Crippen molar-refractivity contribution in [1.82, 2.24) is 4.98 Å². The molecule has 3 aromatic rings. The number of carbonyl (C=O) groups is 2. The Morgan fingerprint density at radius 2 is 1.77 bits per heavy atom. The van der Waals surface area contributed by atoms with Crippen molar-refractivity contribution < 1.29 is 19.4 Å². The molecule has 1 aromatic heterocycles. The molecule has 1 unspecified atom stereocenters. The SMILES string of the molecule is COc1ccc(C)cc1/C(O)=C1\C(=O)C(=O)N(c2ccccc2)C1c1ccccn1. The molecule has 1 amide bonds. The van der Waals surface area contributed by atoms with Crippen LogP contribution in [0.1, 0.15) is 22.9 Å². The number of aliphatic hydroxyl groups is 1. The van der Waals surface area contributed by atoms with E-state index >= 15 is 0 Å². The largest absolute Gasteiger partial charge is 0.507 e. The molecule has 4 rings (SSSR count). The fourth-order valence-electron chi connectivity index (χ4n) is 3.66. The number of hydrogen-bond acceptors (Lipinski definition) is 5. The molecule has 6 nitrogen and oxygen atoms in total. The molecule has 1 fully saturated rings. The molecule has 0 radical (unpaired) electrons. The lowest BCUT2D eigenvalue weighted by molar-refractivity contribution is -0.132. The van der Waals surface area contributed by atoms with E-state index in [9.17, 15) is 14.7 Å². The average Bonchev–Trinajstić information content (AvgIpc) is 3.05. The summed E-state index contributed by atoms with van der Waals surface area (Å²) in [5, 5.41) is 11.2. The fraction of sp³-hybridized carbons (Fsp3) is 0.125. The number of hydrogen-bond donors (Lipinski definition) is 1. The maximum Gasteiger partial charge on any atom is 0.300 e. The van der Waals surface area contributed by atoms with Gasteiger partial charge in [0.05, 0.1) is 23.9 Å². The normalized spacial score (nSPS) is 17.9. The van der Waals surface area contributed by atoms with Crippen LogP contribution < -0.4 is 9.64 Å². The lowest BCUT2D eigenvalue weighted by Crippen LogP contribution is -2.29. The number of nitrogens with zero attached hydrogens (tertiary/aromatic N) is 2. The van der Waals surface area contributed by atoms with Crippen LogP contribution in [0.25, 0.3) is 5.76 Å². The highest BCUT2D eigenvalue weighted by Gasteiger charge is 2.47. The van der Waals surface area contributed by atoms with Gasteiger partial charge in [-0.05, 0) is 43.3 Å². The number of aliphatic hydroxyl groups excluding tert-OH is 1. The summed E-state index contributed by atoms with van der Waals surface area (Å²) in [5.41, 5.74) is 2.24. The van der Waals surface area contributed by atoms with E-state index in [2.05, 4.69) is 4.98 Å². The highest BCUT2D eigenvalue weighted by Crippen LogP contribution is 2.42. The minimum Gasteiger partial charge on any atom is -0.507 e. The second kappa shape index (κ2) is 7.83. The standard InChI is InChI=1S/C24H20N2O4/c1-15-11-12-19(30-2)17(14-15)22(27)20-21(18-10-6-7-13-25-18)26(24(29)23(20)28)16-8-4-3-5-9-16/h3-14,21,27H,1-2H3/b22-20+. The van der Waals surface area contributed by atoms with Crippen LogP contribution in [0, 0.1) is 6.92 Å². The second-order valence-electron chi connectivity index (χ2n) is 6.96. The number of pyridine rings is 1. The van der Waals surface area contributed by atoms with Crippen LogP contribution in [0.5, 0.6) is 5.75 Å². The monoisotopic (exact) mass is 400 g/mol. The molecule has 2 aromatic carbocycles. The van der Waals surface area contributed by atoms with Gasteiger partial charge in [-0.3, -0.25) is 19.5 Å². The molecule has 30 heavy (non-hydrogen) atoms. The van der Waals surface area contributed by atoms with E-state index in [0.717, 1.165) is 5.56 Å². The zero-order chi connectivity index (χ0) is 21.3. The molecule has 0 aliphatic carbocycles. The van der Waals surface area contributed by atoms with Gasteiger partial charge >= 0.3 is 0 Å². The minimum atomic E-state index is -0.862. The topological polar surface area (TPSA) is 79.7 Å². The zero-order valence-corrected chi connectivity index (χ0v) is 16.6. The van der Waals surface area contributed by atoms with Gasteiger partial charge in [-0.1, -0.05) is 35.9 Å². The number of ketones is 1. The third-order valence-electron chi connectivity index (χ3n) is 5.06. The third-order valence-corrected chi connectivity index (χ3v) is 5.06. The molecule has 1 aliphatic heterocycles. The fourth-order valence-corrected chi connectivity index (χ4v) is 3.66. The number of rotatable bonds is 4. The Bertz CT molecular complexity index is 1140. The van der Waals surface area contributed by atoms with Gasteiger partial charge in [-0.15, -0.1) is 0 Å². The zero-order valence-electron chi connectivity index (χ0n) is 16.6. The summed E-state index contributed by atoms with van der Waals surface area (Å²) in [6, 6.07) is 18.6. The molecular weight excluding hydrogens is 380 g/mol. The van der Waals surface area contributed by atoms with Gasteiger partial charge in [0.15, 0.2) is 0 Å². The second-order valence-corrected chi connectivity index (χ2v) is 6.96. The maximum absolute atomic E-state index is 13.1. The number of amides is 1. The van der Waals surface area contributed by atoms with E-state index in [-0.39, 0.29) is 11.3 Å². The van der Waals surface area contributed by atoms with Crippen molar-refractivity contribution >= 4 is 23.1 Å². The van der Waals surface area contributed by atoms with Gasteiger partial charge in [-0.25, -0.2) is 0 Å². The van der Waals surface area contributed by atoms with Gasteiger partial charge in [0.1, 0.15) is 17.6 Å². The summed E-state index contributed by atoms with van der Waals surface area (Å²) in [6.07, 6.45) is 1.59. The van der Waals surface area contributed by atoms with E-state index in [4.69, 9.17) is 4.74 Å². The molecule has 0 bridgehead atoms. The highest BCUT2D eigenvalue weighted by molar-refractivity contribution is 6.51. The third kappa shape index (κ3) is 3.22. The van der Waals surface area contributed by atoms with Crippen molar-refractivity contribution in [3.8, 4) is 5.75 Å². The summed E-state index contributed by atoms with van der Waals surface area (Å²) < 4.78 is 5.38. The summed E-state index contributed by atoms with van der Waals surface area (Å²) >= 11 is 0. The number of aromatic nitrogens is 1. The summed E-state index contributed by atoms with van der Waals surface area (Å²) in [4.78, 5) is 31.9. The molecule has 6 heteroatoms. The smallest absolute Gasteiger partial charge is 0.300 e. The van der Waals surface area contributed by atoms with E-state index in [1.54, 1.807) is 60.8 Å². The van der Waals surface area contributed by atoms with E-state index in [0.29, 0.717) is 22.7 Å². The number of ether oxygens (including phenoxy) is 1. The minimum absolute atomic E-state index is 0.0218. The first-order valence-electron chi connectivity index (χ1n) is 9.45. The number of para-hydroxylation sites is 1. The first-order valence-corrected chi connectivity index (χ1v) is 9.45. The number of benzene rings is 2. The lowest BCUT2D eigenvalue weighted by atomic mass is 9.97. The molecule has 2 heterocycles. The Balaban J connectivity index is 1.98. The van der Waals surface area contributed by atoms with E-state index in [1.807, 2.05) is 19.1 Å². The molecule has 1 atom stereocenters. The molecule has 1 saturated heterocycles. The average molecular weight is 400 g/mol. The summed E-state index contributed by atoms with van der Waals surface area (Å²) in [6.45, 7) is 1.87. The molecule has 1 aliphatic rings. The highest BCUT2D eigenvalue weighted by atomic mass is 16.5. The number of aryl methyl sites for hydroxylation is 1. The summed E-state index contributed by atoms with van der Waals surface area (Å²) in [7, 11) is 1.49. The molecule has 1 N–H and O–H groups in total. The van der Waals surface area contributed by atoms with Crippen LogP contribution in [0.4, 0.5) is 5.69 Å². The van der Waals surface area contributed by atoms with Crippen molar-refractivity contribution in [3.63, 3.8) is 0 Å². The van der Waals surface area contributed by atoms with Gasteiger partial charge < -0.3 is 9.84 Å². The van der Waals surface area contributed by atoms with Crippen LogP contribution >= 0.6 is 0 Å². The Morgan fingerprint density at radius 3 is 2.43 bits per heavy atom. The van der Waals surface area contributed by atoms with Crippen molar-refractivity contribution in [2.75, 3.05) is 12.0 Å². The van der Waals surface area contributed by atoms with Crippen LogP contribution in [-0.2, 0) is 9.59 Å². The van der Waals surface area contributed by atoms with Crippen LogP contribution in [-0.4, -0.2) is 28.9 Å². The quantitative estimate of drug-likeness (QED) is 0.406. The first kappa shape index (κ1) is 19.4. The van der Waals surface area contributed by atoms with Crippen LogP contribution in [0.3, 0.4) is 0 Å². The van der Waals surface area contributed by atoms with Crippen LogP contribution in [0.15, 0.2) is 78.5 Å². The number of anilines is 1. The predicted molar refractivity (Wildman–Crippen MR) is 113 cm³/mol. The number of methoxy groups -OCH3 is 1. The van der Waals surface area contributed by atoms with Crippen molar-refractivity contribution in [1.29, 1.82) is 0 Å². The van der Waals surface area contributed by atoms with Crippen LogP contribution in [0.2, 0.25) is 0 Å². The lowest BCUT2D eigenvalue weighted by Gasteiger charge is -2.24. The predicted octanol–water partition coefficient (Wildman–Crippen LogP) is 4.02. The Morgan fingerprint density at radius 1 is 1.03 bits per heavy atom. The van der Waals surface area contributed by atoms with Gasteiger partial charge in [0.25, 0.3) is 11.7 Å². The van der Waals surface area contributed by atoms with Gasteiger partial charge in [-0.2, -0.15) is 0 Å². The van der Waals surface area contributed by atoms with Crippen molar-refractivity contribution in [3.05, 3.63) is 95.3 Å². The van der Waals surface area contributed by atoms with Crippen molar-refractivity contribution in [2.45, 2.75) is 13.0 Å². The van der Waals surface area contributed by atoms with Crippen molar-refractivity contribution in [2.24, 2.45) is 0 Å². The Labute approximate surface area is 174 Å². The molecule has 0 saturated carbocycles. The molecule has 0 spiro atoms. The Kier molecular flexibility index (Phi) is 5.06. The Hall–Kier alpha value is -3.93.